The minimum atomic E-state index is -0.497. The van der Waals surface area contributed by atoms with Gasteiger partial charge in [0.15, 0.2) is 0 Å². The first kappa shape index (κ1) is 11.9. The molecule has 0 spiro atoms. The van der Waals surface area contributed by atoms with Gasteiger partial charge in [-0.1, -0.05) is 6.42 Å². The molecule has 0 aromatic rings. The van der Waals surface area contributed by atoms with Crippen LogP contribution in [0.2, 0.25) is 0 Å². The average molecular weight is 239 g/mol. The first-order chi connectivity index (χ1) is 8.17. The van der Waals surface area contributed by atoms with E-state index < -0.39 is 5.54 Å². The van der Waals surface area contributed by atoms with Crippen LogP contribution in [-0.4, -0.2) is 35.0 Å². The fourth-order valence-electron chi connectivity index (χ4n) is 4.82. The largest absolute Gasteiger partial charge is 0.394 e. The van der Waals surface area contributed by atoms with Crippen LogP contribution in [0.25, 0.3) is 0 Å². The highest BCUT2D eigenvalue weighted by Gasteiger charge is 2.54. The van der Waals surface area contributed by atoms with E-state index in [0.29, 0.717) is 6.04 Å². The molecule has 3 rings (SSSR count). The number of hydrogen-bond acceptors (Lipinski definition) is 3. The molecule has 0 aromatic heterocycles. The molecule has 3 N–H and O–H groups in total. The predicted molar refractivity (Wildman–Crippen MR) is 66.5 cm³/mol. The van der Waals surface area contributed by atoms with Crippen LogP contribution in [0.4, 0.5) is 0 Å². The highest BCUT2D eigenvalue weighted by molar-refractivity contribution is 5.07. The summed E-state index contributed by atoms with van der Waals surface area (Å²) in [6, 6.07) is 0.531. The van der Waals surface area contributed by atoms with Crippen LogP contribution >= 0.6 is 0 Å². The van der Waals surface area contributed by atoms with Gasteiger partial charge in [0.05, 0.1) is 18.8 Å². The van der Waals surface area contributed by atoms with E-state index in [2.05, 4.69) is 5.32 Å². The summed E-state index contributed by atoms with van der Waals surface area (Å²) in [7, 11) is 0. The molecule has 0 saturated heterocycles. The van der Waals surface area contributed by atoms with E-state index in [1.807, 2.05) is 6.92 Å². The Bertz CT molecular complexity index is 290. The Morgan fingerprint density at radius 2 is 1.76 bits per heavy atom. The van der Waals surface area contributed by atoms with Gasteiger partial charge >= 0.3 is 0 Å². The number of aliphatic hydroxyl groups excluding tert-OH is 2. The lowest BCUT2D eigenvalue weighted by Gasteiger charge is -2.38. The third-order valence-corrected chi connectivity index (χ3v) is 5.66. The topological polar surface area (TPSA) is 52.5 Å². The van der Waals surface area contributed by atoms with Crippen molar-refractivity contribution in [2.24, 2.45) is 23.7 Å². The van der Waals surface area contributed by atoms with Gasteiger partial charge in [-0.3, -0.25) is 0 Å². The molecule has 0 aromatic carbocycles. The van der Waals surface area contributed by atoms with Gasteiger partial charge in [-0.15, -0.1) is 0 Å². The van der Waals surface area contributed by atoms with Crippen LogP contribution in [0.15, 0.2) is 0 Å². The first-order valence-electron chi connectivity index (χ1n) is 7.16. The summed E-state index contributed by atoms with van der Waals surface area (Å²) in [5.74, 6) is 3.68. The van der Waals surface area contributed by atoms with Gasteiger partial charge < -0.3 is 15.5 Å². The molecule has 5 unspecified atom stereocenters. The van der Waals surface area contributed by atoms with Crippen molar-refractivity contribution in [2.75, 3.05) is 13.2 Å². The third-order valence-electron chi connectivity index (χ3n) is 5.66. The smallest absolute Gasteiger partial charge is 0.0633 e. The predicted octanol–water partition coefficient (Wildman–Crippen LogP) is 1.14. The molecule has 0 amide bonds. The Hall–Kier alpha value is -0.120. The van der Waals surface area contributed by atoms with Gasteiger partial charge in [0.1, 0.15) is 0 Å². The van der Waals surface area contributed by atoms with Crippen molar-refractivity contribution < 1.29 is 10.2 Å². The molecule has 3 aliphatic rings. The number of hydrogen-bond donors (Lipinski definition) is 3. The van der Waals surface area contributed by atoms with Crippen LogP contribution in [0.3, 0.4) is 0 Å². The zero-order chi connectivity index (χ0) is 12.0. The van der Waals surface area contributed by atoms with E-state index in [1.165, 1.54) is 32.1 Å². The molecule has 0 heterocycles. The normalized spacial score (nSPS) is 44.3. The maximum absolute atomic E-state index is 9.38. The lowest BCUT2D eigenvalue weighted by atomic mass is 9.78. The van der Waals surface area contributed by atoms with Crippen LogP contribution in [0, 0.1) is 23.7 Å². The Balaban J connectivity index is 1.67. The van der Waals surface area contributed by atoms with Gasteiger partial charge in [0.2, 0.25) is 0 Å². The summed E-state index contributed by atoms with van der Waals surface area (Å²) in [5, 5.41) is 22.3. The van der Waals surface area contributed by atoms with E-state index in [4.69, 9.17) is 0 Å². The second kappa shape index (κ2) is 4.22. The quantitative estimate of drug-likeness (QED) is 0.689. The van der Waals surface area contributed by atoms with Gasteiger partial charge in [-0.2, -0.15) is 0 Å². The second-order valence-electron chi connectivity index (χ2n) is 6.78. The molecule has 5 atom stereocenters. The number of rotatable bonds is 4. The molecule has 3 aliphatic carbocycles. The molecule has 0 radical (unpaired) electrons. The van der Waals surface area contributed by atoms with Crippen LogP contribution in [-0.2, 0) is 0 Å². The Morgan fingerprint density at radius 1 is 1.06 bits per heavy atom. The fourth-order valence-corrected chi connectivity index (χ4v) is 4.82. The van der Waals surface area contributed by atoms with Crippen molar-refractivity contribution in [1.29, 1.82) is 0 Å². The molecule has 3 heteroatoms. The summed E-state index contributed by atoms with van der Waals surface area (Å²) < 4.78 is 0. The first-order valence-corrected chi connectivity index (χ1v) is 7.16. The Morgan fingerprint density at radius 3 is 2.47 bits per heavy atom. The molecule has 0 aliphatic heterocycles. The van der Waals surface area contributed by atoms with Crippen molar-refractivity contribution in [3.8, 4) is 0 Å². The van der Waals surface area contributed by atoms with E-state index in [9.17, 15) is 10.2 Å². The van der Waals surface area contributed by atoms with E-state index in [0.717, 1.165) is 23.7 Å². The van der Waals surface area contributed by atoms with Crippen molar-refractivity contribution in [2.45, 2.75) is 50.6 Å². The molecule has 3 fully saturated rings. The number of nitrogens with one attached hydrogen (secondary N) is 1. The van der Waals surface area contributed by atoms with Crippen molar-refractivity contribution in [3.05, 3.63) is 0 Å². The van der Waals surface area contributed by atoms with Crippen LogP contribution < -0.4 is 5.32 Å². The molecule has 2 bridgehead atoms. The molecule has 3 saturated carbocycles. The summed E-state index contributed by atoms with van der Waals surface area (Å²) in [4.78, 5) is 0. The van der Waals surface area contributed by atoms with Gasteiger partial charge in [-0.05, 0) is 56.3 Å². The zero-order valence-corrected chi connectivity index (χ0v) is 10.7. The highest BCUT2D eigenvalue weighted by atomic mass is 16.3. The Labute approximate surface area is 104 Å². The maximum Gasteiger partial charge on any atom is 0.0633 e. The number of fused-ring (bicyclic) bond motifs is 5. The number of aliphatic hydroxyl groups is 2. The standard InChI is InChI=1S/C14H25NO2/c1-14(7-16,8-17)15-13-6-9-5-12(13)11-4-2-3-10(9)11/h9-13,15-17H,2-8H2,1H3. The molecule has 3 nitrogen and oxygen atoms in total. The lowest BCUT2D eigenvalue weighted by Crippen LogP contribution is -2.56. The van der Waals surface area contributed by atoms with Crippen molar-refractivity contribution in [1.82, 2.24) is 5.32 Å². The van der Waals surface area contributed by atoms with Gasteiger partial charge in [0, 0.05) is 6.04 Å². The minimum Gasteiger partial charge on any atom is -0.394 e. The summed E-state index contributed by atoms with van der Waals surface area (Å²) in [5.41, 5.74) is -0.497. The van der Waals surface area contributed by atoms with Crippen LogP contribution in [0.1, 0.15) is 39.0 Å². The van der Waals surface area contributed by atoms with E-state index in [1.54, 1.807) is 0 Å². The molecular formula is C14H25NO2. The van der Waals surface area contributed by atoms with Crippen LogP contribution in [0.5, 0.6) is 0 Å². The van der Waals surface area contributed by atoms with Gasteiger partial charge in [0.25, 0.3) is 0 Å². The summed E-state index contributed by atoms with van der Waals surface area (Å²) in [6.07, 6.45) is 6.95. The summed E-state index contributed by atoms with van der Waals surface area (Å²) >= 11 is 0. The zero-order valence-electron chi connectivity index (χ0n) is 10.7. The Kier molecular flexibility index (Phi) is 2.96. The van der Waals surface area contributed by atoms with Crippen molar-refractivity contribution in [3.63, 3.8) is 0 Å². The van der Waals surface area contributed by atoms with Crippen molar-refractivity contribution >= 4 is 0 Å². The SMILES string of the molecule is CC(CO)(CO)NC1CC2CC1C1CCCC21. The maximum atomic E-state index is 9.38. The molecule has 17 heavy (non-hydrogen) atoms. The average Bonchev–Trinajstić information content (AvgIpc) is 2.99. The fraction of sp³-hybridized carbons (Fsp3) is 1.00. The summed E-state index contributed by atoms with van der Waals surface area (Å²) in [6.45, 7) is 1.96. The molecular weight excluding hydrogens is 214 g/mol. The third kappa shape index (κ3) is 1.83. The molecule has 98 valence electrons. The monoisotopic (exact) mass is 239 g/mol. The van der Waals surface area contributed by atoms with E-state index >= 15 is 0 Å². The lowest BCUT2D eigenvalue weighted by molar-refractivity contribution is 0.0750. The van der Waals surface area contributed by atoms with Gasteiger partial charge in [-0.25, -0.2) is 0 Å². The highest BCUT2D eigenvalue weighted by Crippen LogP contribution is 2.58. The van der Waals surface area contributed by atoms with E-state index in [-0.39, 0.29) is 13.2 Å². The second-order valence-corrected chi connectivity index (χ2v) is 6.78. The minimum absolute atomic E-state index is 0.0193.